The molecule has 0 bridgehead atoms. The van der Waals surface area contributed by atoms with E-state index in [9.17, 15) is 14.0 Å². The number of fused-ring (bicyclic) bond motifs is 1. The van der Waals surface area contributed by atoms with Crippen LogP contribution in [0, 0.1) is 24.6 Å². The van der Waals surface area contributed by atoms with Gasteiger partial charge in [-0.3, -0.25) is 14.6 Å². The highest BCUT2D eigenvalue weighted by atomic mass is 19.1. The molecule has 4 unspecified atom stereocenters. The molecule has 146 valence electrons. The van der Waals surface area contributed by atoms with Crippen molar-refractivity contribution in [1.82, 2.24) is 9.97 Å². The van der Waals surface area contributed by atoms with E-state index >= 15 is 0 Å². The molecule has 2 aromatic heterocycles. The number of amides is 1. The van der Waals surface area contributed by atoms with Crippen molar-refractivity contribution < 1.29 is 18.7 Å². The molecule has 4 atom stereocenters. The third-order valence-electron chi connectivity index (χ3n) is 5.76. The van der Waals surface area contributed by atoms with Crippen LogP contribution < -0.4 is 5.32 Å². The fraction of sp³-hybridized carbons (Fsp3) is 0.429. The Morgan fingerprint density at radius 1 is 1.29 bits per heavy atom. The maximum absolute atomic E-state index is 13.4. The first-order valence-electron chi connectivity index (χ1n) is 9.50. The molecule has 28 heavy (non-hydrogen) atoms. The molecule has 2 aliphatic rings. The minimum absolute atomic E-state index is 0.00461. The number of anilines is 1. The van der Waals surface area contributed by atoms with Crippen molar-refractivity contribution in [3.05, 3.63) is 53.4 Å². The Labute approximate surface area is 162 Å². The molecule has 1 N–H and O–H groups in total. The van der Waals surface area contributed by atoms with E-state index in [0.717, 1.165) is 18.4 Å². The molecular formula is C21H22FN3O3. The Hall–Kier alpha value is -2.83. The van der Waals surface area contributed by atoms with Crippen molar-refractivity contribution in [1.29, 1.82) is 0 Å². The lowest BCUT2D eigenvalue weighted by Crippen LogP contribution is -2.32. The zero-order valence-corrected chi connectivity index (χ0v) is 15.8. The summed E-state index contributed by atoms with van der Waals surface area (Å²) in [6.07, 6.45) is 5.48. The fourth-order valence-electron chi connectivity index (χ4n) is 4.45. The first-order valence-corrected chi connectivity index (χ1v) is 9.50. The average molecular weight is 383 g/mol. The number of pyridine rings is 2. The number of nitrogens with one attached hydrogen (secondary N) is 1. The number of aryl methyl sites for hydroxylation is 1. The number of rotatable bonds is 3. The van der Waals surface area contributed by atoms with Gasteiger partial charge in [0.15, 0.2) is 0 Å². The predicted molar refractivity (Wildman–Crippen MR) is 100 cm³/mol. The van der Waals surface area contributed by atoms with E-state index in [2.05, 4.69) is 22.2 Å². The molecule has 1 aliphatic carbocycles. The van der Waals surface area contributed by atoms with Gasteiger partial charge in [0, 0.05) is 12.1 Å². The third kappa shape index (κ3) is 3.48. The second-order valence-corrected chi connectivity index (χ2v) is 7.75. The zero-order valence-electron chi connectivity index (χ0n) is 15.8. The van der Waals surface area contributed by atoms with Crippen LogP contribution in [0.2, 0.25) is 0 Å². The number of esters is 1. The van der Waals surface area contributed by atoms with Gasteiger partial charge in [-0.25, -0.2) is 9.37 Å². The van der Waals surface area contributed by atoms with Gasteiger partial charge in [0.25, 0.3) is 5.91 Å². The summed E-state index contributed by atoms with van der Waals surface area (Å²) >= 11 is 0. The van der Waals surface area contributed by atoms with Gasteiger partial charge in [-0.2, -0.15) is 0 Å². The van der Waals surface area contributed by atoms with Crippen LogP contribution in [0.5, 0.6) is 0 Å². The Bertz CT molecular complexity index is 933. The van der Waals surface area contributed by atoms with Crippen molar-refractivity contribution >= 4 is 17.6 Å². The minimum Gasteiger partial charge on any atom is -0.462 e. The quantitative estimate of drug-likeness (QED) is 0.819. The van der Waals surface area contributed by atoms with Crippen LogP contribution in [0.4, 0.5) is 10.1 Å². The van der Waals surface area contributed by atoms with Gasteiger partial charge in [0.1, 0.15) is 17.6 Å². The number of carbonyl (C=O) groups excluding carboxylic acids is 2. The summed E-state index contributed by atoms with van der Waals surface area (Å²) in [6.45, 7) is 3.62. The normalized spacial score (nSPS) is 26.5. The summed E-state index contributed by atoms with van der Waals surface area (Å²) in [5, 5.41) is 2.87. The van der Waals surface area contributed by atoms with Gasteiger partial charge in [0.2, 0.25) is 0 Å². The molecule has 6 nitrogen and oxygen atoms in total. The van der Waals surface area contributed by atoms with E-state index in [4.69, 9.17) is 4.74 Å². The van der Waals surface area contributed by atoms with Gasteiger partial charge in [-0.1, -0.05) is 6.92 Å². The van der Waals surface area contributed by atoms with Crippen molar-refractivity contribution in [2.45, 2.75) is 45.1 Å². The molecule has 7 heteroatoms. The lowest BCUT2D eigenvalue weighted by Gasteiger charge is -2.35. The summed E-state index contributed by atoms with van der Waals surface area (Å²) in [6, 6.07) is 4.51. The molecule has 0 aromatic carbocycles. The van der Waals surface area contributed by atoms with E-state index in [1.165, 1.54) is 19.1 Å². The highest BCUT2D eigenvalue weighted by Crippen LogP contribution is 2.46. The summed E-state index contributed by atoms with van der Waals surface area (Å²) in [5.41, 5.74) is 1.95. The predicted octanol–water partition coefficient (Wildman–Crippen LogP) is 3.62. The van der Waals surface area contributed by atoms with Gasteiger partial charge in [0.05, 0.1) is 24.0 Å². The second-order valence-electron chi connectivity index (χ2n) is 7.75. The largest absolute Gasteiger partial charge is 0.462 e. The summed E-state index contributed by atoms with van der Waals surface area (Å²) in [5.74, 6) is -0.306. The Kier molecular flexibility index (Phi) is 4.83. The fourth-order valence-corrected chi connectivity index (χ4v) is 4.45. The lowest BCUT2D eigenvalue weighted by molar-refractivity contribution is -0.143. The summed E-state index contributed by atoms with van der Waals surface area (Å²) in [4.78, 5) is 32.5. The minimum atomic E-state index is -0.447. The third-order valence-corrected chi connectivity index (χ3v) is 5.76. The van der Waals surface area contributed by atoms with Crippen LogP contribution in [0.25, 0.3) is 0 Å². The van der Waals surface area contributed by atoms with E-state index in [1.807, 2.05) is 6.07 Å². The van der Waals surface area contributed by atoms with Crippen molar-refractivity contribution in [3.8, 4) is 0 Å². The highest BCUT2D eigenvalue weighted by molar-refractivity contribution is 6.03. The van der Waals surface area contributed by atoms with Crippen molar-refractivity contribution in [2.75, 3.05) is 5.32 Å². The number of halogens is 1. The van der Waals surface area contributed by atoms with Crippen LogP contribution in [0.1, 0.15) is 53.8 Å². The summed E-state index contributed by atoms with van der Waals surface area (Å²) < 4.78 is 18.9. The zero-order chi connectivity index (χ0) is 19.8. The molecule has 4 rings (SSSR count). The molecule has 2 fully saturated rings. The Balaban J connectivity index is 1.56. The van der Waals surface area contributed by atoms with Crippen LogP contribution in [0.3, 0.4) is 0 Å². The monoisotopic (exact) mass is 383 g/mol. The number of hydrogen-bond donors (Lipinski definition) is 1. The smallest absolute Gasteiger partial charge is 0.306 e. The van der Waals surface area contributed by atoms with Crippen molar-refractivity contribution in [2.24, 2.45) is 11.8 Å². The second kappa shape index (κ2) is 7.30. The first kappa shape index (κ1) is 18.5. The van der Waals surface area contributed by atoms with E-state index in [1.54, 1.807) is 12.4 Å². The van der Waals surface area contributed by atoms with Crippen LogP contribution in [-0.2, 0) is 9.53 Å². The molecular weight excluding hydrogens is 361 g/mol. The van der Waals surface area contributed by atoms with E-state index < -0.39 is 11.7 Å². The van der Waals surface area contributed by atoms with Crippen LogP contribution in [-0.4, -0.2) is 27.9 Å². The first-order chi connectivity index (χ1) is 13.4. The average Bonchev–Trinajstić information content (AvgIpc) is 3.05. The molecule has 2 aromatic rings. The molecule has 1 aliphatic heterocycles. The van der Waals surface area contributed by atoms with Gasteiger partial charge in [-0.15, -0.1) is 0 Å². The summed E-state index contributed by atoms with van der Waals surface area (Å²) in [7, 11) is 0. The standard InChI is InChI=1S/C21H22FN3O3/c1-11-7-13(8-14-9-19(26)28-20(11)14)15-5-6-23-10-18(15)25-21(27)17-4-3-16(22)12(2)24-17/h3-6,10-11,13-14,20H,7-9H2,1-2H3,(H,25,27). The SMILES string of the molecule is Cc1nc(C(=O)Nc2cnccc2C2CC(C)C3OC(=O)CC3C2)ccc1F. The van der Waals surface area contributed by atoms with Gasteiger partial charge < -0.3 is 10.1 Å². The highest BCUT2D eigenvalue weighted by Gasteiger charge is 2.44. The Morgan fingerprint density at radius 3 is 2.89 bits per heavy atom. The Morgan fingerprint density at radius 2 is 2.11 bits per heavy atom. The van der Waals surface area contributed by atoms with Crippen LogP contribution in [0.15, 0.2) is 30.6 Å². The van der Waals surface area contributed by atoms with E-state index in [-0.39, 0.29) is 41.2 Å². The number of ether oxygens (including phenoxy) is 1. The number of hydrogen-bond acceptors (Lipinski definition) is 5. The molecule has 1 saturated heterocycles. The number of carbonyl (C=O) groups is 2. The number of aromatic nitrogens is 2. The van der Waals surface area contributed by atoms with E-state index in [0.29, 0.717) is 12.1 Å². The molecule has 3 heterocycles. The number of nitrogens with zero attached hydrogens (tertiary/aromatic N) is 2. The molecule has 0 spiro atoms. The maximum Gasteiger partial charge on any atom is 0.306 e. The lowest BCUT2D eigenvalue weighted by atomic mass is 9.71. The molecule has 0 radical (unpaired) electrons. The van der Waals surface area contributed by atoms with Gasteiger partial charge in [-0.05, 0) is 55.4 Å². The topological polar surface area (TPSA) is 81.2 Å². The maximum atomic E-state index is 13.4. The molecule has 1 amide bonds. The van der Waals surface area contributed by atoms with Gasteiger partial charge >= 0.3 is 5.97 Å². The van der Waals surface area contributed by atoms with Crippen molar-refractivity contribution in [3.63, 3.8) is 0 Å². The molecule has 1 saturated carbocycles. The van der Waals surface area contributed by atoms with Crippen LogP contribution >= 0.6 is 0 Å².